The molecule has 0 bridgehead atoms. The molecule has 0 unspecified atom stereocenters. The normalized spacial score (nSPS) is 14.0. The lowest BCUT2D eigenvalue weighted by atomic mass is 10.1. The van der Waals surface area contributed by atoms with E-state index in [0.717, 1.165) is 17.0 Å². The Balaban J connectivity index is 1.73. The number of aryl methyl sites for hydroxylation is 1. The van der Waals surface area contributed by atoms with E-state index in [1.807, 2.05) is 0 Å². The fourth-order valence-corrected chi connectivity index (χ4v) is 2.37. The molecule has 0 N–H and O–H groups in total. The number of carbonyl (C=O) groups excluding carboxylic acids is 1. The van der Waals surface area contributed by atoms with E-state index < -0.39 is 0 Å². The highest BCUT2D eigenvalue weighted by Crippen LogP contribution is 2.23. The Hall–Kier alpha value is -2.48. The molecule has 1 amide bonds. The molecule has 2 aromatic heterocycles. The van der Waals surface area contributed by atoms with E-state index in [-0.39, 0.29) is 11.7 Å². The van der Waals surface area contributed by atoms with E-state index in [2.05, 4.69) is 21.8 Å². The van der Waals surface area contributed by atoms with Crippen molar-refractivity contribution in [3.63, 3.8) is 0 Å². The Bertz CT molecular complexity index is 690. The largest absolute Gasteiger partial charge is 0.371 e. The van der Waals surface area contributed by atoms with Crippen LogP contribution in [0.5, 0.6) is 0 Å². The van der Waals surface area contributed by atoms with E-state index in [9.17, 15) is 4.79 Å². The molecule has 0 aromatic carbocycles. The summed E-state index contributed by atoms with van der Waals surface area (Å²) in [7, 11) is 1.73. The van der Waals surface area contributed by atoms with Crippen molar-refractivity contribution in [1.82, 2.24) is 24.8 Å². The van der Waals surface area contributed by atoms with Crippen LogP contribution in [-0.2, 0) is 31.4 Å². The van der Waals surface area contributed by atoms with Crippen molar-refractivity contribution < 1.29 is 14.1 Å². The van der Waals surface area contributed by atoms with Gasteiger partial charge in [0.2, 0.25) is 5.82 Å². The minimum absolute atomic E-state index is 0.189. The lowest BCUT2D eigenvalue weighted by Gasteiger charge is -2.25. The van der Waals surface area contributed by atoms with Crippen LogP contribution in [0.2, 0.25) is 0 Å². The fraction of sp³-hybridized carbons (Fsp3) is 0.429. The van der Waals surface area contributed by atoms with E-state index in [0.29, 0.717) is 32.7 Å². The summed E-state index contributed by atoms with van der Waals surface area (Å²) in [5.41, 5.74) is 1.64. The molecule has 1 aliphatic rings. The Morgan fingerprint density at radius 2 is 2.45 bits per heavy atom. The predicted octanol–water partition coefficient (Wildman–Crippen LogP) is 0.704. The molecule has 0 aliphatic carbocycles. The van der Waals surface area contributed by atoms with E-state index in [1.165, 1.54) is 11.0 Å². The molecule has 0 saturated carbocycles. The zero-order valence-electron chi connectivity index (χ0n) is 12.4. The van der Waals surface area contributed by atoms with Gasteiger partial charge in [-0.3, -0.25) is 9.48 Å². The minimum atomic E-state index is -0.189. The molecule has 3 rings (SSSR count). The maximum Gasteiger partial charge on any atom is 0.293 e. The third-order valence-electron chi connectivity index (χ3n) is 3.46. The first-order valence-electron chi connectivity index (χ1n) is 6.99. The van der Waals surface area contributed by atoms with Crippen LogP contribution < -0.4 is 0 Å². The second kappa shape index (κ2) is 6.10. The van der Waals surface area contributed by atoms with Gasteiger partial charge in [-0.05, 0) is 0 Å². The zero-order chi connectivity index (χ0) is 15.5. The number of rotatable bonds is 5. The first kappa shape index (κ1) is 14.5. The summed E-state index contributed by atoms with van der Waals surface area (Å²) in [4.78, 5) is 18.1. The van der Waals surface area contributed by atoms with Crippen molar-refractivity contribution in [1.29, 1.82) is 0 Å². The number of nitrogens with zero attached hydrogens (tertiary/aromatic N) is 5. The smallest absolute Gasteiger partial charge is 0.293 e. The van der Waals surface area contributed by atoms with Crippen molar-refractivity contribution in [3.05, 3.63) is 41.8 Å². The number of aromatic nitrogens is 4. The maximum atomic E-state index is 12.4. The highest BCUT2D eigenvalue weighted by molar-refractivity contribution is 5.90. The van der Waals surface area contributed by atoms with Gasteiger partial charge in [-0.15, -0.1) is 11.7 Å². The average Bonchev–Trinajstić information content (AvgIpc) is 3.13. The molecule has 0 radical (unpaired) electrons. The average molecular weight is 303 g/mol. The van der Waals surface area contributed by atoms with Crippen molar-refractivity contribution >= 4 is 5.91 Å². The summed E-state index contributed by atoms with van der Waals surface area (Å²) < 4.78 is 12.2. The molecule has 8 nitrogen and oxygen atoms in total. The Morgan fingerprint density at radius 3 is 3.18 bits per heavy atom. The molecule has 0 atom stereocenters. The summed E-state index contributed by atoms with van der Waals surface area (Å²) in [5, 5.41) is 8.08. The number of hydrogen-bond donors (Lipinski definition) is 0. The minimum Gasteiger partial charge on any atom is -0.371 e. The predicted molar refractivity (Wildman–Crippen MR) is 75.8 cm³/mol. The number of hydrogen-bond acceptors (Lipinski definition) is 6. The van der Waals surface area contributed by atoms with Crippen molar-refractivity contribution in [3.8, 4) is 0 Å². The molecule has 2 aromatic rings. The summed E-state index contributed by atoms with van der Waals surface area (Å²) in [6.45, 7) is 5.38. The van der Waals surface area contributed by atoms with Crippen LogP contribution in [0.25, 0.3) is 0 Å². The van der Waals surface area contributed by atoms with E-state index in [4.69, 9.17) is 9.26 Å². The SMILES string of the molecule is C=CCOCc1noc2c1CN(C(=O)c1ncn(C)n1)CC2. The zero-order valence-corrected chi connectivity index (χ0v) is 12.4. The van der Waals surface area contributed by atoms with Gasteiger partial charge < -0.3 is 14.2 Å². The molecule has 3 heterocycles. The number of fused-ring (bicyclic) bond motifs is 1. The lowest BCUT2D eigenvalue weighted by molar-refractivity contribution is 0.0714. The van der Waals surface area contributed by atoms with Crippen molar-refractivity contribution in [2.24, 2.45) is 7.05 Å². The first-order chi connectivity index (χ1) is 10.7. The van der Waals surface area contributed by atoms with Gasteiger partial charge in [0.15, 0.2) is 0 Å². The van der Waals surface area contributed by atoms with Gasteiger partial charge >= 0.3 is 0 Å². The van der Waals surface area contributed by atoms with Crippen LogP contribution in [0.15, 0.2) is 23.5 Å². The van der Waals surface area contributed by atoms with Gasteiger partial charge in [0, 0.05) is 25.6 Å². The van der Waals surface area contributed by atoms with E-state index in [1.54, 1.807) is 18.0 Å². The highest BCUT2D eigenvalue weighted by Gasteiger charge is 2.29. The third-order valence-corrected chi connectivity index (χ3v) is 3.46. The number of carbonyl (C=O) groups is 1. The maximum absolute atomic E-state index is 12.4. The molecule has 116 valence electrons. The van der Waals surface area contributed by atoms with Crippen molar-refractivity contribution in [2.75, 3.05) is 13.2 Å². The molecule has 8 heteroatoms. The summed E-state index contributed by atoms with van der Waals surface area (Å²) in [5.74, 6) is 0.826. The van der Waals surface area contributed by atoms with E-state index >= 15 is 0 Å². The van der Waals surface area contributed by atoms with Crippen LogP contribution >= 0.6 is 0 Å². The first-order valence-corrected chi connectivity index (χ1v) is 6.99. The summed E-state index contributed by atoms with van der Waals surface area (Å²) in [6.07, 6.45) is 3.81. The van der Waals surface area contributed by atoms with Crippen LogP contribution in [-0.4, -0.2) is 43.9 Å². The fourth-order valence-electron chi connectivity index (χ4n) is 2.37. The second-order valence-electron chi connectivity index (χ2n) is 5.05. The molecule has 0 fully saturated rings. The van der Waals surface area contributed by atoms with Crippen LogP contribution in [0.1, 0.15) is 27.6 Å². The van der Waals surface area contributed by atoms with Crippen LogP contribution in [0.3, 0.4) is 0 Å². The highest BCUT2D eigenvalue weighted by atomic mass is 16.5. The second-order valence-corrected chi connectivity index (χ2v) is 5.05. The molecular weight excluding hydrogens is 286 g/mol. The number of ether oxygens (including phenoxy) is 1. The Labute approximate surface area is 127 Å². The van der Waals surface area contributed by atoms with Crippen LogP contribution in [0.4, 0.5) is 0 Å². The molecule has 1 aliphatic heterocycles. The molecular formula is C14H17N5O3. The number of amides is 1. The van der Waals surface area contributed by atoms with Gasteiger partial charge in [-0.1, -0.05) is 11.2 Å². The molecule has 0 saturated heterocycles. The van der Waals surface area contributed by atoms with Gasteiger partial charge in [-0.2, -0.15) is 0 Å². The van der Waals surface area contributed by atoms with Crippen molar-refractivity contribution in [2.45, 2.75) is 19.6 Å². The van der Waals surface area contributed by atoms with Gasteiger partial charge in [0.1, 0.15) is 17.8 Å². The Morgan fingerprint density at radius 1 is 1.59 bits per heavy atom. The summed E-state index contributed by atoms with van der Waals surface area (Å²) >= 11 is 0. The van der Waals surface area contributed by atoms with Gasteiger partial charge in [0.25, 0.3) is 5.91 Å². The topological polar surface area (TPSA) is 86.3 Å². The van der Waals surface area contributed by atoms with Gasteiger partial charge in [0.05, 0.1) is 19.8 Å². The summed E-state index contributed by atoms with van der Waals surface area (Å²) in [6, 6.07) is 0. The molecule has 0 spiro atoms. The standard InChI is InChI=1S/C14H17N5O3/c1-3-6-21-8-11-10-7-19(5-4-12(10)22-17-11)14(20)13-15-9-18(2)16-13/h3,9H,1,4-8H2,2H3. The monoisotopic (exact) mass is 303 g/mol. The Kier molecular flexibility index (Phi) is 4.01. The molecule has 22 heavy (non-hydrogen) atoms. The quantitative estimate of drug-likeness (QED) is 0.597. The van der Waals surface area contributed by atoms with Gasteiger partial charge in [-0.25, -0.2) is 4.98 Å². The third kappa shape index (κ3) is 2.77. The lowest BCUT2D eigenvalue weighted by Crippen LogP contribution is -2.36. The van der Waals surface area contributed by atoms with Crippen LogP contribution in [0, 0.1) is 0 Å².